The highest BCUT2D eigenvalue weighted by Crippen LogP contribution is 2.38. The van der Waals surface area contributed by atoms with E-state index in [1.807, 2.05) is 32.4 Å². The van der Waals surface area contributed by atoms with Crippen molar-refractivity contribution in [1.29, 1.82) is 0 Å². The van der Waals surface area contributed by atoms with Gasteiger partial charge in [0.1, 0.15) is 0 Å². The van der Waals surface area contributed by atoms with E-state index in [1.165, 1.54) is 11.1 Å². The molecule has 0 saturated carbocycles. The topological polar surface area (TPSA) is 68.1 Å². The zero-order chi connectivity index (χ0) is 20.8. The van der Waals surface area contributed by atoms with Crippen LogP contribution in [0.3, 0.4) is 0 Å². The van der Waals surface area contributed by atoms with E-state index in [9.17, 15) is 9.59 Å². The number of pyridine rings is 1. The van der Waals surface area contributed by atoms with Crippen molar-refractivity contribution in [3.05, 3.63) is 75.7 Å². The number of fused-ring (bicyclic) bond motifs is 2. The number of carbonyl (C=O) groups is 1. The second-order valence-corrected chi connectivity index (χ2v) is 8.23. The molecule has 0 radical (unpaired) electrons. The Balaban J connectivity index is 1.60. The number of aromatic nitrogens is 3. The number of carbonyl (C=O) groups excluding carboxylic acids is 1. The van der Waals surface area contributed by atoms with Crippen molar-refractivity contribution < 1.29 is 4.79 Å². The molecule has 5 rings (SSSR count). The lowest BCUT2D eigenvalue weighted by Gasteiger charge is -2.29. The van der Waals surface area contributed by atoms with Crippen LogP contribution in [0.25, 0.3) is 11.1 Å². The van der Waals surface area contributed by atoms with Crippen LogP contribution in [0.5, 0.6) is 0 Å². The standard InChI is InChI=1S/C24H24N4O2/c1-15-10-24(30)28(14-26-15)22-5-3-4-18-19(12-25-13-20(18)22)16-6-8-21-17(11-16)7-9-23(29)27(21)2/h6,8,10-14,22H,3-5,7,9H2,1-2H3/t22-/m1/s1. The van der Waals surface area contributed by atoms with Crippen molar-refractivity contribution >= 4 is 11.6 Å². The molecule has 0 fully saturated rings. The van der Waals surface area contributed by atoms with Crippen LogP contribution in [-0.4, -0.2) is 27.5 Å². The first-order valence-corrected chi connectivity index (χ1v) is 10.4. The average molecular weight is 400 g/mol. The van der Waals surface area contributed by atoms with E-state index in [-0.39, 0.29) is 17.5 Å². The van der Waals surface area contributed by atoms with Gasteiger partial charge in [-0.15, -0.1) is 0 Å². The average Bonchev–Trinajstić information content (AvgIpc) is 2.75. The number of anilines is 1. The highest BCUT2D eigenvalue weighted by molar-refractivity contribution is 5.96. The van der Waals surface area contributed by atoms with Crippen molar-refractivity contribution in [3.8, 4) is 11.1 Å². The van der Waals surface area contributed by atoms with E-state index in [4.69, 9.17) is 0 Å². The van der Waals surface area contributed by atoms with E-state index < -0.39 is 0 Å². The van der Waals surface area contributed by atoms with Gasteiger partial charge in [-0.2, -0.15) is 0 Å². The summed E-state index contributed by atoms with van der Waals surface area (Å²) in [5.41, 5.74) is 7.50. The summed E-state index contributed by atoms with van der Waals surface area (Å²) in [6.07, 6.45) is 9.68. The number of benzene rings is 1. The number of hydrogen-bond acceptors (Lipinski definition) is 4. The summed E-state index contributed by atoms with van der Waals surface area (Å²) in [6, 6.07) is 7.86. The predicted octanol–water partition coefficient (Wildman–Crippen LogP) is 3.45. The Bertz CT molecular complexity index is 1210. The van der Waals surface area contributed by atoms with Crippen molar-refractivity contribution in [2.24, 2.45) is 0 Å². The van der Waals surface area contributed by atoms with Gasteiger partial charge in [0.15, 0.2) is 0 Å². The van der Waals surface area contributed by atoms with Crippen LogP contribution in [0.4, 0.5) is 5.69 Å². The normalized spacial score (nSPS) is 18.1. The third-order valence-electron chi connectivity index (χ3n) is 6.40. The summed E-state index contributed by atoms with van der Waals surface area (Å²) in [4.78, 5) is 35.2. The Labute approximate surface area is 175 Å². The van der Waals surface area contributed by atoms with E-state index in [1.54, 1.807) is 21.9 Å². The smallest absolute Gasteiger partial charge is 0.254 e. The molecule has 1 aromatic carbocycles. The Kier molecular flexibility index (Phi) is 4.50. The van der Waals surface area contributed by atoms with Crippen molar-refractivity contribution in [1.82, 2.24) is 14.5 Å². The summed E-state index contributed by atoms with van der Waals surface area (Å²) >= 11 is 0. The van der Waals surface area contributed by atoms with Gasteiger partial charge in [-0.3, -0.25) is 19.1 Å². The fourth-order valence-electron chi connectivity index (χ4n) is 4.79. The molecule has 2 aliphatic rings. The molecule has 1 amide bonds. The monoisotopic (exact) mass is 400 g/mol. The number of amides is 1. The van der Waals surface area contributed by atoms with Gasteiger partial charge in [-0.25, -0.2) is 4.98 Å². The minimum Gasteiger partial charge on any atom is -0.315 e. The molecule has 0 bridgehead atoms. The first kappa shape index (κ1) is 18.7. The van der Waals surface area contributed by atoms with E-state index in [0.29, 0.717) is 6.42 Å². The number of aryl methyl sites for hydroxylation is 2. The minimum atomic E-state index is -0.0387. The Morgan fingerprint density at radius 1 is 1.07 bits per heavy atom. The van der Waals surface area contributed by atoms with E-state index >= 15 is 0 Å². The molecular weight excluding hydrogens is 376 g/mol. The van der Waals surface area contributed by atoms with Gasteiger partial charge in [0, 0.05) is 48.9 Å². The van der Waals surface area contributed by atoms with Gasteiger partial charge in [-0.1, -0.05) is 6.07 Å². The molecule has 3 aromatic rings. The largest absolute Gasteiger partial charge is 0.315 e. The van der Waals surface area contributed by atoms with Gasteiger partial charge < -0.3 is 4.90 Å². The van der Waals surface area contributed by atoms with Crippen molar-refractivity contribution in [2.75, 3.05) is 11.9 Å². The maximum absolute atomic E-state index is 12.6. The molecular formula is C24H24N4O2. The molecule has 0 unspecified atom stereocenters. The highest BCUT2D eigenvalue weighted by atomic mass is 16.2. The SMILES string of the molecule is Cc1cc(=O)n([C@@H]2CCCc3c(-c4ccc5c(c4)CCC(=O)N5C)cncc32)cn1. The lowest BCUT2D eigenvalue weighted by atomic mass is 9.84. The third-order valence-corrected chi connectivity index (χ3v) is 6.40. The Morgan fingerprint density at radius 3 is 2.77 bits per heavy atom. The van der Waals surface area contributed by atoms with Gasteiger partial charge >= 0.3 is 0 Å². The van der Waals surface area contributed by atoms with Gasteiger partial charge in [0.25, 0.3) is 5.56 Å². The fraction of sp³-hybridized carbons (Fsp3) is 0.333. The first-order chi connectivity index (χ1) is 14.5. The zero-order valence-electron chi connectivity index (χ0n) is 17.3. The second-order valence-electron chi connectivity index (χ2n) is 8.23. The summed E-state index contributed by atoms with van der Waals surface area (Å²) in [5.74, 6) is 0.161. The first-order valence-electron chi connectivity index (χ1n) is 10.4. The third kappa shape index (κ3) is 3.03. The highest BCUT2D eigenvalue weighted by Gasteiger charge is 2.26. The second kappa shape index (κ2) is 7.20. The van der Waals surface area contributed by atoms with Crippen LogP contribution < -0.4 is 10.5 Å². The minimum absolute atomic E-state index is 0.0211. The molecule has 0 spiro atoms. The van der Waals surface area contributed by atoms with Gasteiger partial charge in [0.05, 0.1) is 12.4 Å². The molecule has 152 valence electrons. The molecule has 0 saturated heterocycles. The number of nitrogens with zero attached hydrogens (tertiary/aromatic N) is 4. The summed E-state index contributed by atoms with van der Waals surface area (Å²) in [5, 5.41) is 0. The van der Waals surface area contributed by atoms with E-state index in [2.05, 4.69) is 22.1 Å². The summed E-state index contributed by atoms with van der Waals surface area (Å²) in [6.45, 7) is 1.83. The Hall–Kier alpha value is -3.28. The maximum Gasteiger partial charge on any atom is 0.254 e. The Morgan fingerprint density at radius 2 is 1.93 bits per heavy atom. The van der Waals surface area contributed by atoms with Crippen LogP contribution in [0, 0.1) is 6.92 Å². The molecule has 1 aliphatic heterocycles. The van der Waals surface area contributed by atoms with Crippen molar-refractivity contribution in [3.63, 3.8) is 0 Å². The van der Waals surface area contributed by atoms with Crippen LogP contribution in [0.2, 0.25) is 0 Å². The molecule has 6 heteroatoms. The van der Waals surface area contributed by atoms with Crippen molar-refractivity contribution in [2.45, 2.75) is 45.1 Å². The maximum atomic E-state index is 12.6. The van der Waals surface area contributed by atoms with Gasteiger partial charge in [-0.05, 0) is 67.0 Å². The van der Waals surface area contributed by atoms with E-state index in [0.717, 1.165) is 53.8 Å². The molecule has 1 aliphatic carbocycles. The fourth-order valence-corrected chi connectivity index (χ4v) is 4.79. The van der Waals surface area contributed by atoms with Crippen LogP contribution in [0.15, 0.2) is 47.8 Å². The summed E-state index contributed by atoms with van der Waals surface area (Å²) in [7, 11) is 1.84. The quantitative estimate of drug-likeness (QED) is 0.661. The lowest BCUT2D eigenvalue weighted by molar-refractivity contribution is -0.118. The molecule has 6 nitrogen and oxygen atoms in total. The lowest BCUT2D eigenvalue weighted by Crippen LogP contribution is -2.31. The predicted molar refractivity (Wildman–Crippen MR) is 116 cm³/mol. The summed E-state index contributed by atoms with van der Waals surface area (Å²) < 4.78 is 1.74. The zero-order valence-corrected chi connectivity index (χ0v) is 17.3. The molecule has 30 heavy (non-hydrogen) atoms. The molecule has 2 aromatic heterocycles. The molecule has 0 N–H and O–H groups in total. The van der Waals surface area contributed by atoms with Crippen LogP contribution in [0.1, 0.15) is 47.7 Å². The number of hydrogen-bond donors (Lipinski definition) is 0. The molecule has 1 atom stereocenters. The number of rotatable bonds is 2. The van der Waals surface area contributed by atoms with Crippen LogP contribution >= 0.6 is 0 Å². The van der Waals surface area contributed by atoms with Gasteiger partial charge in [0.2, 0.25) is 5.91 Å². The molecule has 3 heterocycles. The van der Waals surface area contributed by atoms with Crippen LogP contribution in [-0.2, 0) is 17.6 Å².